The number of hydrogen-bond acceptors (Lipinski definition) is 4. The average Bonchev–Trinajstić information content (AvgIpc) is 2.24. The number of hydrogen-bond donors (Lipinski definition) is 1. The van der Waals surface area contributed by atoms with Crippen LogP contribution in [-0.2, 0) is 13.9 Å². The topological polar surface area (TPSA) is 47.9 Å². The van der Waals surface area contributed by atoms with Crippen molar-refractivity contribution in [3.63, 3.8) is 0 Å². The molecule has 3 atom stereocenters. The molecule has 0 spiro atoms. The van der Waals surface area contributed by atoms with E-state index in [0.29, 0.717) is 6.42 Å². The predicted molar refractivity (Wildman–Crippen MR) is 83.3 cm³/mol. The van der Waals surface area contributed by atoms with Crippen molar-refractivity contribution in [2.45, 2.75) is 90.2 Å². The van der Waals surface area contributed by atoms with Crippen LogP contribution in [0.5, 0.6) is 0 Å². The van der Waals surface area contributed by atoms with Gasteiger partial charge in [-0.25, -0.2) is 0 Å². The van der Waals surface area contributed by atoms with E-state index in [1.807, 2.05) is 13.8 Å². The lowest BCUT2D eigenvalue weighted by molar-refractivity contribution is -0.314. The van der Waals surface area contributed by atoms with Gasteiger partial charge in [-0.15, -0.1) is 0 Å². The summed E-state index contributed by atoms with van der Waals surface area (Å²) in [6.07, 6.45) is 0.475. The van der Waals surface area contributed by atoms with Gasteiger partial charge in [0.1, 0.15) is 0 Å². The van der Waals surface area contributed by atoms with E-state index >= 15 is 0 Å². The zero-order valence-electron chi connectivity index (χ0n) is 14.3. The first-order chi connectivity index (χ1) is 8.88. The highest BCUT2D eigenvalue weighted by atomic mass is 28.4. The van der Waals surface area contributed by atoms with E-state index < -0.39 is 14.1 Å². The maximum Gasteiger partial charge on any atom is 0.192 e. The van der Waals surface area contributed by atoms with Gasteiger partial charge in [0, 0.05) is 6.42 Å². The van der Waals surface area contributed by atoms with Gasteiger partial charge in [0.15, 0.2) is 14.1 Å². The smallest absolute Gasteiger partial charge is 0.192 e. The molecule has 1 aliphatic heterocycles. The third-order valence-electron chi connectivity index (χ3n) is 4.39. The van der Waals surface area contributed by atoms with Gasteiger partial charge >= 0.3 is 0 Å². The lowest BCUT2D eigenvalue weighted by atomic mass is 10.1. The molecule has 0 unspecified atom stereocenters. The fourth-order valence-corrected chi connectivity index (χ4v) is 3.70. The zero-order chi connectivity index (χ0) is 15.8. The van der Waals surface area contributed by atoms with Gasteiger partial charge in [-0.3, -0.25) is 0 Å². The van der Waals surface area contributed by atoms with Crippen LogP contribution in [0.4, 0.5) is 0 Å². The summed E-state index contributed by atoms with van der Waals surface area (Å²) in [5.74, 6) is -0.665. The van der Waals surface area contributed by atoms with Crippen molar-refractivity contribution in [1.82, 2.24) is 0 Å². The minimum absolute atomic E-state index is 0.00752. The van der Waals surface area contributed by atoms with Crippen LogP contribution >= 0.6 is 0 Å². The summed E-state index contributed by atoms with van der Waals surface area (Å²) < 4.78 is 18.1. The molecule has 1 rings (SSSR count). The van der Waals surface area contributed by atoms with E-state index in [-0.39, 0.29) is 30.0 Å². The molecular weight excluding hydrogens is 272 g/mol. The Bertz CT molecular complexity index is 322. The Labute approximate surface area is 124 Å². The summed E-state index contributed by atoms with van der Waals surface area (Å²) in [6, 6.07) is 0. The largest absolute Gasteiger partial charge is 0.412 e. The van der Waals surface area contributed by atoms with Crippen molar-refractivity contribution in [1.29, 1.82) is 0 Å². The number of rotatable bonds is 4. The van der Waals surface area contributed by atoms with Crippen molar-refractivity contribution >= 4 is 8.32 Å². The van der Waals surface area contributed by atoms with Crippen molar-refractivity contribution < 1.29 is 19.0 Å². The van der Waals surface area contributed by atoms with E-state index in [1.165, 1.54) is 0 Å². The van der Waals surface area contributed by atoms with E-state index in [2.05, 4.69) is 40.8 Å². The fraction of sp³-hybridized carbons (Fsp3) is 1.00. The molecular formula is C15H32O4Si. The monoisotopic (exact) mass is 304 g/mol. The first-order valence-corrected chi connectivity index (χ1v) is 10.4. The molecule has 1 saturated heterocycles. The van der Waals surface area contributed by atoms with Crippen LogP contribution in [0.1, 0.15) is 48.0 Å². The first-order valence-electron chi connectivity index (χ1n) is 7.52. The molecule has 1 fully saturated rings. The summed E-state index contributed by atoms with van der Waals surface area (Å²) in [6.45, 7) is 17.1. The molecule has 120 valence electrons. The molecule has 1 heterocycles. The molecule has 20 heavy (non-hydrogen) atoms. The third kappa shape index (κ3) is 4.53. The van der Waals surface area contributed by atoms with Crippen molar-refractivity contribution in [2.75, 3.05) is 6.61 Å². The Balaban J connectivity index is 2.74. The first kappa shape index (κ1) is 18.1. The summed E-state index contributed by atoms with van der Waals surface area (Å²) in [5, 5.41) is 9.55. The van der Waals surface area contributed by atoms with Crippen LogP contribution in [0, 0.1) is 0 Å². The highest BCUT2D eigenvalue weighted by molar-refractivity contribution is 6.74. The second-order valence-corrected chi connectivity index (χ2v) is 12.6. The molecule has 1 aliphatic rings. The highest BCUT2D eigenvalue weighted by Gasteiger charge is 2.43. The minimum Gasteiger partial charge on any atom is -0.412 e. The van der Waals surface area contributed by atoms with Gasteiger partial charge in [-0.1, -0.05) is 20.8 Å². The van der Waals surface area contributed by atoms with Gasteiger partial charge in [0.2, 0.25) is 0 Å². The maximum atomic E-state index is 9.37. The Morgan fingerprint density at radius 3 is 2.30 bits per heavy atom. The van der Waals surface area contributed by atoms with Crippen LogP contribution in [0.3, 0.4) is 0 Å². The number of aliphatic hydroxyl groups is 1. The summed E-state index contributed by atoms with van der Waals surface area (Å²) in [4.78, 5) is 0. The van der Waals surface area contributed by atoms with Gasteiger partial charge in [-0.2, -0.15) is 0 Å². The molecule has 0 aliphatic carbocycles. The second-order valence-electron chi connectivity index (χ2n) is 7.80. The number of aliphatic hydroxyl groups excluding tert-OH is 1. The van der Waals surface area contributed by atoms with Crippen molar-refractivity contribution in [3.05, 3.63) is 0 Å². The molecule has 0 amide bonds. The molecule has 5 heteroatoms. The normalized spacial score (nSPS) is 29.2. The summed E-state index contributed by atoms with van der Waals surface area (Å²) in [5.41, 5.74) is 0. The Hall–Kier alpha value is 0.0569. The fourth-order valence-electron chi connectivity index (χ4n) is 2.27. The van der Waals surface area contributed by atoms with Gasteiger partial charge < -0.3 is 19.0 Å². The Kier molecular flexibility index (Phi) is 5.47. The Morgan fingerprint density at radius 2 is 1.85 bits per heavy atom. The van der Waals surface area contributed by atoms with Gasteiger partial charge in [-0.05, 0) is 38.9 Å². The molecule has 0 bridgehead atoms. The molecule has 0 saturated carbocycles. The predicted octanol–water partition coefficient (Wildman–Crippen LogP) is 3.30. The zero-order valence-corrected chi connectivity index (χ0v) is 15.3. The quantitative estimate of drug-likeness (QED) is 0.810. The highest BCUT2D eigenvalue weighted by Crippen LogP contribution is 2.39. The van der Waals surface area contributed by atoms with Crippen LogP contribution in [-0.4, -0.2) is 44.1 Å². The molecule has 0 aromatic heterocycles. The average molecular weight is 305 g/mol. The lowest BCUT2D eigenvalue weighted by Gasteiger charge is -2.45. The summed E-state index contributed by atoms with van der Waals surface area (Å²) in [7, 11) is -1.81. The molecule has 0 aromatic carbocycles. The maximum absolute atomic E-state index is 9.37. The van der Waals surface area contributed by atoms with E-state index in [1.54, 1.807) is 0 Å². The van der Waals surface area contributed by atoms with E-state index in [9.17, 15) is 5.11 Å². The molecule has 4 nitrogen and oxygen atoms in total. The van der Waals surface area contributed by atoms with Crippen LogP contribution in [0.25, 0.3) is 0 Å². The van der Waals surface area contributed by atoms with Crippen molar-refractivity contribution in [3.8, 4) is 0 Å². The standard InChI is InChI=1S/C15H32O4Si/c1-11(19-20(7,8)14(2,3)4)13-9-12(10-16)17-15(5,6)18-13/h11-13,16H,9-10H2,1-8H3/t11-,12-,13+/m0/s1. The van der Waals surface area contributed by atoms with Crippen LogP contribution in [0.15, 0.2) is 0 Å². The SMILES string of the molecule is C[C@H](O[Si](C)(C)C(C)(C)C)[C@H]1C[C@@H](CO)OC(C)(C)O1. The van der Waals surface area contributed by atoms with Gasteiger partial charge in [0.25, 0.3) is 0 Å². The van der Waals surface area contributed by atoms with Gasteiger partial charge in [0.05, 0.1) is 24.9 Å². The summed E-state index contributed by atoms with van der Waals surface area (Å²) >= 11 is 0. The molecule has 1 N–H and O–H groups in total. The number of ether oxygens (including phenoxy) is 2. The van der Waals surface area contributed by atoms with Crippen LogP contribution in [0.2, 0.25) is 18.1 Å². The second kappa shape index (κ2) is 6.05. The van der Waals surface area contributed by atoms with Crippen molar-refractivity contribution in [2.24, 2.45) is 0 Å². The third-order valence-corrected chi connectivity index (χ3v) is 8.97. The molecule has 0 radical (unpaired) electrons. The minimum atomic E-state index is -1.81. The Morgan fingerprint density at radius 1 is 1.30 bits per heavy atom. The lowest BCUT2D eigenvalue weighted by Crippen LogP contribution is -2.53. The molecule has 0 aromatic rings. The van der Waals surface area contributed by atoms with E-state index in [4.69, 9.17) is 13.9 Å². The van der Waals surface area contributed by atoms with E-state index in [0.717, 1.165) is 0 Å². The van der Waals surface area contributed by atoms with Crippen LogP contribution < -0.4 is 0 Å².